The Morgan fingerprint density at radius 1 is 1.40 bits per heavy atom. The zero-order valence-corrected chi connectivity index (χ0v) is 10.9. The van der Waals surface area contributed by atoms with E-state index in [0.717, 1.165) is 4.47 Å². The van der Waals surface area contributed by atoms with E-state index < -0.39 is 10.0 Å². The molecule has 0 atom stereocenters. The highest BCUT2D eigenvalue weighted by molar-refractivity contribution is 9.10. The van der Waals surface area contributed by atoms with Crippen LogP contribution in [-0.4, -0.2) is 20.7 Å². The average molecular weight is 311 g/mol. The fourth-order valence-corrected chi connectivity index (χ4v) is 3.90. The number of sulfonamides is 1. The first-order chi connectivity index (χ1) is 7.00. The van der Waals surface area contributed by atoms with Crippen LogP contribution in [0.3, 0.4) is 0 Å². The van der Waals surface area contributed by atoms with Crippen molar-refractivity contribution in [2.24, 2.45) is 0 Å². The van der Waals surface area contributed by atoms with Crippen LogP contribution in [-0.2, 0) is 10.0 Å². The van der Waals surface area contributed by atoms with Gasteiger partial charge in [0, 0.05) is 16.0 Å². The first-order valence-corrected chi connectivity index (χ1v) is 7.24. The molecule has 1 heterocycles. The van der Waals surface area contributed by atoms with E-state index in [1.54, 1.807) is 18.2 Å². The van der Waals surface area contributed by atoms with Crippen molar-refractivity contribution in [2.45, 2.75) is 6.42 Å². The van der Waals surface area contributed by atoms with Gasteiger partial charge in [0.2, 0.25) is 10.0 Å². The Hall–Kier alpha value is -0.260. The van der Waals surface area contributed by atoms with Crippen LogP contribution < -0.4 is 4.31 Å². The van der Waals surface area contributed by atoms with E-state index in [1.165, 1.54) is 4.31 Å². The number of halogens is 2. The van der Waals surface area contributed by atoms with Gasteiger partial charge in [0.05, 0.1) is 11.4 Å². The lowest BCUT2D eigenvalue weighted by Gasteiger charge is -2.18. The van der Waals surface area contributed by atoms with Crippen LogP contribution in [0.1, 0.15) is 6.42 Å². The summed E-state index contributed by atoms with van der Waals surface area (Å²) in [5, 5.41) is 0.537. The molecule has 0 aliphatic carbocycles. The number of hydrogen-bond donors (Lipinski definition) is 0. The second kappa shape index (κ2) is 3.96. The summed E-state index contributed by atoms with van der Waals surface area (Å²) in [4.78, 5) is 0. The molecule has 0 saturated carbocycles. The summed E-state index contributed by atoms with van der Waals surface area (Å²) in [6, 6.07) is 5.14. The standard InChI is InChI=1S/C9H9BrClNO2S/c10-8-3-2-7(11)6-9(8)12-4-1-5-15(12,13)14/h2-3,6H,1,4-5H2. The molecule has 0 bridgehead atoms. The molecule has 0 N–H and O–H groups in total. The van der Waals surface area contributed by atoms with Crippen LogP contribution in [0, 0.1) is 0 Å². The fraction of sp³-hybridized carbons (Fsp3) is 0.333. The Morgan fingerprint density at radius 3 is 2.73 bits per heavy atom. The zero-order chi connectivity index (χ0) is 11.1. The highest BCUT2D eigenvalue weighted by atomic mass is 79.9. The molecular weight excluding hydrogens is 302 g/mol. The van der Waals surface area contributed by atoms with Gasteiger partial charge in [-0.15, -0.1) is 0 Å². The van der Waals surface area contributed by atoms with E-state index in [-0.39, 0.29) is 5.75 Å². The first-order valence-electron chi connectivity index (χ1n) is 4.46. The van der Waals surface area contributed by atoms with E-state index in [0.29, 0.717) is 23.7 Å². The molecule has 0 aromatic heterocycles. The van der Waals surface area contributed by atoms with Crippen molar-refractivity contribution in [1.82, 2.24) is 0 Å². The molecule has 1 aromatic rings. The van der Waals surface area contributed by atoms with Crippen molar-refractivity contribution in [2.75, 3.05) is 16.6 Å². The SMILES string of the molecule is O=S1(=O)CCCN1c1cc(Cl)ccc1Br. The van der Waals surface area contributed by atoms with Gasteiger partial charge in [-0.05, 0) is 40.5 Å². The highest BCUT2D eigenvalue weighted by Crippen LogP contribution is 2.33. The van der Waals surface area contributed by atoms with E-state index >= 15 is 0 Å². The fourth-order valence-electron chi connectivity index (χ4n) is 1.59. The minimum Gasteiger partial charge on any atom is -0.269 e. The van der Waals surface area contributed by atoms with Gasteiger partial charge in [-0.1, -0.05) is 11.6 Å². The zero-order valence-electron chi connectivity index (χ0n) is 7.78. The molecule has 3 nitrogen and oxygen atoms in total. The van der Waals surface area contributed by atoms with Gasteiger partial charge >= 0.3 is 0 Å². The third-order valence-corrected chi connectivity index (χ3v) is 5.04. The smallest absolute Gasteiger partial charge is 0.235 e. The number of nitrogens with zero attached hydrogens (tertiary/aromatic N) is 1. The lowest BCUT2D eigenvalue weighted by atomic mass is 10.3. The Labute approximate surface area is 102 Å². The first kappa shape index (κ1) is 11.2. The van der Waals surface area contributed by atoms with Gasteiger partial charge in [0.1, 0.15) is 0 Å². The van der Waals surface area contributed by atoms with Crippen LogP contribution in [0.15, 0.2) is 22.7 Å². The topological polar surface area (TPSA) is 37.4 Å². The molecule has 6 heteroatoms. The number of hydrogen-bond acceptors (Lipinski definition) is 2. The Bertz CT molecular complexity index is 489. The summed E-state index contributed by atoms with van der Waals surface area (Å²) in [6.07, 6.45) is 0.668. The molecule has 1 aliphatic heterocycles. The van der Waals surface area contributed by atoms with Gasteiger partial charge in [-0.3, -0.25) is 4.31 Å². The van der Waals surface area contributed by atoms with Crippen molar-refractivity contribution in [1.29, 1.82) is 0 Å². The monoisotopic (exact) mass is 309 g/mol. The summed E-state index contributed by atoms with van der Waals surface area (Å²) >= 11 is 9.17. The van der Waals surface area contributed by atoms with Gasteiger partial charge in [0.15, 0.2) is 0 Å². The summed E-state index contributed by atoms with van der Waals surface area (Å²) in [5.74, 6) is 0.214. The van der Waals surface area contributed by atoms with Gasteiger partial charge < -0.3 is 0 Å². The summed E-state index contributed by atoms with van der Waals surface area (Å²) in [7, 11) is -3.13. The molecule has 0 spiro atoms. The van der Waals surface area contributed by atoms with Crippen LogP contribution in [0.4, 0.5) is 5.69 Å². The second-order valence-corrected chi connectivity index (χ2v) is 6.64. The van der Waals surface area contributed by atoms with Crippen molar-refractivity contribution < 1.29 is 8.42 Å². The molecule has 1 fully saturated rings. The number of anilines is 1. The van der Waals surface area contributed by atoms with Crippen LogP contribution >= 0.6 is 27.5 Å². The molecule has 0 amide bonds. The molecule has 1 saturated heterocycles. The third kappa shape index (κ3) is 2.14. The highest BCUT2D eigenvalue weighted by Gasteiger charge is 2.29. The minimum absolute atomic E-state index is 0.214. The summed E-state index contributed by atoms with van der Waals surface area (Å²) in [6.45, 7) is 0.529. The maximum atomic E-state index is 11.7. The van der Waals surface area contributed by atoms with Crippen LogP contribution in [0.5, 0.6) is 0 Å². The Morgan fingerprint density at radius 2 is 2.13 bits per heavy atom. The molecule has 15 heavy (non-hydrogen) atoms. The summed E-state index contributed by atoms with van der Waals surface area (Å²) < 4.78 is 25.5. The average Bonchev–Trinajstić information content (AvgIpc) is 2.50. The molecule has 82 valence electrons. The maximum absolute atomic E-state index is 11.7. The Balaban J connectivity index is 2.50. The minimum atomic E-state index is -3.13. The molecule has 2 rings (SSSR count). The van der Waals surface area contributed by atoms with Crippen molar-refractivity contribution >= 4 is 43.2 Å². The van der Waals surface area contributed by atoms with Crippen molar-refractivity contribution in [3.05, 3.63) is 27.7 Å². The molecule has 0 radical (unpaired) electrons. The lowest BCUT2D eigenvalue weighted by Crippen LogP contribution is -2.25. The van der Waals surface area contributed by atoms with E-state index in [9.17, 15) is 8.42 Å². The van der Waals surface area contributed by atoms with Gasteiger partial charge in [0.25, 0.3) is 0 Å². The molecule has 0 unspecified atom stereocenters. The summed E-state index contributed by atoms with van der Waals surface area (Å²) in [5.41, 5.74) is 0.625. The lowest BCUT2D eigenvalue weighted by molar-refractivity contribution is 0.599. The number of benzene rings is 1. The van der Waals surface area contributed by atoms with E-state index in [1.807, 2.05) is 0 Å². The van der Waals surface area contributed by atoms with Crippen LogP contribution in [0.2, 0.25) is 5.02 Å². The Kier molecular flexibility index (Phi) is 2.96. The van der Waals surface area contributed by atoms with E-state index in [2.05, 4.69) is 15.9 Å². The number of rotatable bonds is 1. The molecule has 1 aromatic carbocycles. The second-order valence-electron chi connectivity index (χ2n) is 3.34. The van der Waals surface area contributed by atoms with Gasteiger partial charge in [-0.2, -0.15) is 0 Å². The van der Waals surface area contributed by atoms with Crippen molar-refractivity contribution in [3.8, 4) is 0 Å². The largest absolute Gasteiger partial charge is 0.269 e. The van der Waals surface area contributed by atoms with Gasteiger partial charge in [-0.25, -0.2) is 8.42 Å². The molecular formula is C9H9BrClNO2S. The predicted molar refractivity (Wildman–Crippen MR) is 64.9 cm³/mol. The molecule has 1 aliphatic rings. The third-order valence-electron chi connectivity index (χ3n) is 2.28. The quantitative estimate of drug-likeness (QED) is 0.799. The van der Waals surface area contributed by atoms with Crippen LogP contribution in [0.25, 0.3) is 0 Å². The normalized spacial score (nSPS) is 19.5. The predicted octanol–water partition coefficient (Wildman–Crippen LogP) is 2.64. The van der Waals surface area contributed by atoms with E-state index in [4.69, 9.17) is 11.6 Å². The van der Waals surface area contributed by atoms with Crippen molar-refractivity contribution in [3.63, 3.8) is 0 Å². The maximum Gasteiger partial charge on any atom is 0.235 e.